The number of nitrogens with one attached hydrogen (secondary N) is 2. The number of carbonyl (C=O) groups is 1. The van der Waals surface area contributed by atoms with Gasteiger partial charge in [-0.1, -0.05) is 6.07 Å². The Kier molecular flexibility index (Phi) is 4.43. The topological polar surface area (TPSA) is 121 Å². The monoisotopic (exact) mass is 426 g/mol. The van der Waals surface area contributed by atoms with E-state index in [4.69, 9.17) is 10.00 Å². The van der Waals surface area contributed by atoms with Gasteiger partial charge in [-0.3, -0.25) is 0 Å². The predicted octanol–water partition coefficient (Wildman–Crippen LogP) is 2.69. The largest absolute Gasteiger partial charge is 0.472 e. The van der Waals surface area contributed by atoms with E-state index in [-0.39, 0.29) is 16.9 Å². The molecule has 2 heterocycles. The minimum Gasteiger partial charge on any atom is -0.472 e. The van der Waals surface area contributed by atoms with Crippen molar-refractivity contribution in [3.05, 3.63) is 34.5 Å². The zero-order valence-corrected chi connectivity index (χ0v) is 17.4. The van der Waals surface area contributed by atoms with Crippen molar-refractivity contribution in [3.63, 3.8) is 0 Å². The van der Waals surface area contributed by atoms with Crippen molar-refractivity contribution in [1.82, 2.24) is 14.5 Å². The molecule has 30 heavy (non-hydrogen) atoms. The van der Waals surface area contributed by atoms with Crippen LogP contribution in [-0.4, -0.2) is 26.1 Å². The number of urea groups is 1. The molecule has 0 fully saturated rings. The molecule has 10 heteroatoms. The predicted molar refractivity (Wildman–Crippen MR) is 109 cm³/mol. The first kappa shape index (κ1) is 18.9. The van der Waals surface area contributed by atoms with Crippen LogP contribution in [0.4, 0.5) is 10.5 Å². The van der Waals surface area contributed by atoms with Crippen LogP contribution in [-0.2, 0) is 42.1 Å². The first-order valence-corrected chi connectivity index (χ1v) is 11.6. The average Bonchev–Trinajstić information content (AvgIpc) is 3.44. The molecule has 3 aliphatic rings. The zero-order valence-electron chi connectivity index (χ0n) is 16.6. The second-order valence-electron chi connectivity index (χ2n) is 7.92. The van der Waals surface area contributed by atoms with Gasteiger partial charge in [0.15, 0.2) is 21.0 Å². The lowest BCUT2D eigenvalue weighted by Crippen LogP contribution is -2.22. The summed E-state index contributed by atoms with van der Waals surface area (Å²) in [5.41, 5.74) is 5.68. The summed E-state index contributed by atoms with van der Waals surface area (Å²) < 4.78 is 26.8. The van der Waals surface area contributed by atoms with E-state index >= 15 is 0 Å². The molecule has 2 unspecified atom stereocenters. The second kappa shape index (κ2) is 7.02. The molecule has 156 valence electrons. The summed E-state index contributed by atoms with van der Waals surface area (Å²) in [4.78, 5) is 13.0. The van der Waals surface area contributed by atoms with E-state index < -0.39 is 15.9 Å². The van der Waals surface area contributed by atoms with Gasteiger partial charge < -0.3 is 10.1 Å². The van der Waals surface area contributed by atoms with Crippen molar-refractivity contribution in [2.24, 2.45) is 4.36 Å². The lowest BCUT2D eigenvalue weighted by molar-refractivity contribution is 0.248. The number of carbonyl (C=O) groups excluding carboxylic acids is 1. The number of benzene rings is 1. The summed E-state index contributed by atoms with van der Waals surface area (Å²) in [5, 5.41) is 16.2. The molecular weight excluding hydrogens is 404 g/mol. The van der Waals surface area contributed by atoms with Crippen molar-refractivity contribution < 1.29 is 13.7 Å². The molecule has 1 aliphatic heterocycles. The van der Waals surface area contributed by atoms with Gasteiger partial charge in [0.1, 0.15) is 6.10 Å². The Bertz CT molecular complexity index is 1190. The van der Waals surface area contributed by atoms with E-state index in [0.29, 0.717) is 6.54 Å². The van der Waals surface area contributed by atoms with Crippen LogP contribution in [0.5, 0.6) is 5.88 Å². The van der Waals surface area contributed by atoms with E-state index in [0.717, 1.165) is 55.3 Å². The maximum absolute atomic E-state index is 13.5. The zero-order chi connectivity index (χ0) is 20.9. The molecule has 1 aromatic heterocycles. The lowest BCUT2D eigenvalue weighted by atomic mass is 9.99. The van der Waals surface area contributed by atoms with E-state index in [1.807, 2.05) is 6.92 Å². The number of amides is 2. The molecule has 2 aromatic rings. The third-order valence-electron chi connectivity index (χ3n) is 5.90. The fraction of sp³-hybridized carbons (Fsp3) is 0.450. The first-order chi connectivity index (χ1) is 14.5. The summed E-state index contributed by atoms with van der Waals surface area (Å²) >= 11 is 0. The molecule has 0 spiro atoms. The quantitative estimate of drug-likeness (QED) is 0.577. The number of nitrogens with zero attached hydrogens (tertiary/aromatic N) is 4. The number of aromatic nitrogens is 2. The molecule has 2 aliphatic carbocycles. The Hall–Kier alpha value is -3.06. The first-order valence-electron chi connectivity index (χ1n) is 10.1. The molecule has 9 nitrogen and oxygen atoms in total. The molecule has 2 amide bonds. The molecule has 0 radical (unpaired) electrons. The molecule has 2 N–H and O–H groups in total. The van der Waals surface area contributed by atoms with Crippen LogP contribution in [0.2, 0.25) is 0 Å². The van der Waals surface area contributed by atoms with E-state index in [1.54, 1.807) is 10.9 Å². The standard InChI is InChI=1S/C20H22N6O3S/c1-12-10-26-19(29-12)17(9-22-26)30(28,23-11-21)25-20(27)24-18-15-6-2-4-13(15)8-14-5-3-7-16(14)18/h8-9,12H,2-7,10H2,1H3,(H2,23,24,25,27,28). The summed E-state index contributed by atoms with van der Waals surface area (Å²) in [6.45, 7) is 2.37. The summed E-state index contributed by atoms with van der Waals surface area (Å²) in [6, 6.07) is 1.52. The normalized spacial score (nSPS) is 20.3. The van der Waals surface area contributed by atoms with Gasteiger partial charge in [-0.15, -0.1) is 4.36 Å². The molecule has 5 rings (SSSR count). The van der Waals surface area contributed by atoms with Crippen LogP contribution < -0.4 is 14.8 Å². The Morgan fingerprint density at radius 3 is 2.67 bits per heavy atom. The van der Waals surface area contributed by atoms with Gasteiger partial charge >= 0.3 is 6.03 Å². The number of rotatable bonds is 3. The number of fused-ring (bicyclic) bond motifs is 3. The van der Waals surface area contributed by atoms with Crippen LogP contribution in [0.15, 0.2) is 21.5 Å². The number of hydrogen-bond donors (Lipinski definition) is 2. The van der Waals surface area contributed by atoms with Gasteiger partial charge in [0.25, 0.3) is 0 Å². The third-order valence-corrected chi connectivity index (χ3v) is 7.57. The van der Waals surface area contributed by atoms with Crippen LogP contribution in [0, 0.1) is 11.5 Å². The molecule has 2 atom stereocenters. The van der Waals surface area contributed by atoms with Gasteiger partial charge in [-0.2, -0.15) is 10.4 Å². The Labute approximate surface area is 174 Å². The van der Waals surface area contributed by atoms with Crippen molar-refractivity contribution in [3.8, 4) is 12.1 Å². The van der Waals surface area contributed by atoms with Crippen molar-refractivity contribution in [2.45, 2.75) is 63.0 Å². The van der Waals surface area contributed by atoms with Gasteiger partial charge in [-0.25, -0.2) is 18.4 Å². The number of anilines is 1. The fourth-order valence-corrected chi connectivity index (χ4v) is 5.91. The molecule has 1 aromatic carbocycles. The smallest absolute Gasteiger partial charge is 0.355 e. The third kappa shape index (κ3) is 3.01. The van der Waals surface area contributed by atoms with Gasteiger partial charge in [0.05, 0.1) is 12.7 Å². The second-order valence-corrected chi connectivity index (χ2v) is 9.80. The minimum absolute atomic E-state index is 0.104. The van der Waals surface area contributed by atoms with Gasteiger partial charge in [0, 0.05) is 5.69 Å². The van der Waals surface area contributed by atoms with E-state index in [1.165, 1.54) is 17.3 Å². The van der Waals surface area contributed by atoms with Crippen molar-refractivity contribution in [1.29, 1.82) is 5.26 Å². The highest BCUT2D eigenvalue weighted by atomic mass is 32.2. The molecule has 0 saturated heterocycles. The highest BCUT2D eigenvalue weighted by Crippen LogP contribution is 2.39. The number of nitriles is 1. The maximum Gasteiger partial charge on any atom is 0.355 e. The highest BCUT2D eigenvalue weighted by Gasteiger charge is 2.31. The Balaban J connectivity index is 1.53. The Morgan fingerprint density at radius 1 is 1.30 bits per heavy atom. The van der Waals surface area contributed by atoms with Gasteiger partial charge in [-0.05, 0) is 67.7 Å². The highest BCUT2D eigenvalue weighted by molar-refractivity contribution is 7.92. The SMILES string of the molecule is CC1Cn2ncc(S(=O)(=NC(=O)Nc3c4c(cc5c3CCC5)CCC4)NC#N)c2O1. The van der Waals surface area contributed by atoms with E-state index in [2.05, 4.69) is 25.6 Å². The molecular formula is C20H22N6O3S. The van der Waals surface area contributed by atoms with Crippen molar-refractivity contribution >= 4 is 21.6 Å². The van der Waals surface area contributed by atoms with Gasteiger partial charge in [0.2, 0.25) is 5.88 Å². The van der Waals surface area contributed by atoms with Crippen LogP contribution in [0.25, 0.3) is 0 Å². The van der Waals surface area contributed by atoms with E-state index in [9.17, 15) is 9.00 Å². The fourth-order valence-electron chi connectivity index (χ4n) is 4.67. The molecule has 0 saturated carbocycles. The number of aryl methyl sites for hydroxylation is 2. The van der Waals surface area contributed by atoms with Crippen molar-refractivity contribution in [2.75, 3.05) is 5.32 Å². The Morgan fingerprint density at radius 2 is 2.00 bits per heavy atom. The summed E-state index contributed by atoms with van der Waals surface area (Å²) in [5.74, 6) is 0.272. The lowest BCUT2D eigenvalue weighted by Gasteiger charge is -2.15. The average molecular weight is 427 g/mol. The summed E-state index contributed by atoms with van der Waals surface area (Å²) in [7, 11) is -3.58. The van der Waals surface area contributed by atoms with Crippen LogP contribution in [0.3, 0.4) is 0 Å². The number of hydrogen-bond acceptors (Lipinski definition) is 5. The van der Waals surface area contributed by atoms with Crippen LogP contribution in [0.1, 0.15) is 42.0 Å². The van der Waals surface area contributed by atoms with Crippen LogP contribution >= 0.6 is 0 Å². The summed E-state index contributed by atoms with van der Waals surface area (Å²) in [6.07, 6.45) is 8.81. The maximum atomic E-state index is 13.5. The number of ether oxygens (including phenoxy) is 1. The molecule has 0 bridgehead atoms. The minimum atomic E-state index is -3.58.